The van der Waals surface area contributed by atoms with E-state index in [0.717, 1.165) is 27.9 Å². The van der Waals surface area contributed by atoms with Crippen molar-refractivity contribution >= 4 is 23.0 Å². The van der Waals surface area contributed by atoms with Gasteiger partial charge in [-0.25, -0.2) is 0 Å². The first-order chi connectivity index (χ1) is 12.6. The lowest BCUT2D eigenvalue weighted by molar-refractivity contribution is -0.0429. The van der Waals surface area contributed by atoms with E-state index in [-0.39, 0.29) is 0 Å². The number of anilines is 1. The molecule has 4 heteroatoms. The summed E-state index contributed by atoms with van der Waals surface area (Å²) >= 11 is 5.63. The summed E-state index contributed by atoms with van der Waals surface area (Å²) in [5, 5.41) is 15.7. The first-order valence-electron chi connectivity index (χ1n) is 8.60. The van der Waals surface area contributed by atoms with Crippen LogP contribution < -0.4 is 5.32 Å². The minimum Gasteiger partial charge on any atom is -0.363 e. The Morgan fingerprint density at radius 2 is 1.58 bits per heavy atom. The molecule has 2 N–H and O–H groups in total. The molecule has 26 heavy (non-hydrogen) atoms. The molecule has 3 aromatic carbocycles. The van der Waals surface area contributed by atoms with E-state index in [9.17, 15) is 5.11 Å². The molecular weight excluding hydrogens is 340 g/mol. The maximum atomic E-state index is 12.0. The summed E-state index contributed by atoms with van der Waals surface area (Å²) in [6, 6.07) is 25.8. The molecule has 0 spiro atoms. The molecule has 0 aromatic heterocycles. The summed E-state index contributed by atoms with van der Waals surface area (Å²) in [5.41, 5.74) is 3.34. The van der Waals surface area contributed by atoms with Crippen molar-refractivity contribution in [1.29, 1.82) is 0 Å². The Labute approximate surface area is 158 Å². The number of rotatable bonds is 3. The van der Waals surface area contributed by atoms with Crippen molar-refractivity contribution in [2.75, 3.05) is 5.32 Å². The zero-order valence-electron chi connectivity index (χ0n) is 14.5. The number of hydrogen-bond acceptors (Lipinski definition) is 2. The van der Waals surface area contributed by atoms with Gasteiger partial charge in [-0.3, -0.25) is 0 Å². The van der Waals surface area contributed by atoms with Crippen LogP contribution in [0.3, 0.4) is 0 Å². The molecule has 1 unspecified atom stereocenters. The molecule has 0 saturated heterocycles. The van der Waals surface area contributed by atoms with Gasteiger partial charge >= 0.3 is 0 Å². The Morgan fingerprint density at radius 3 is 2.31 bits per heavy atom. The van der Waals surface area contributed by atoms with Gasteiger partial charge in [0.05, 0.1) is 0 Å². The van der Waals surface area contributed by atoms with Crippen LogP contribution in [0, 0.1) is 6.92 Å². The molecule has 0 radical (unpaired) electrons. The van der Waals surface area contributed by atoms with Crippen molar-refractivity contribution in [2.45, 2.75) is 19.2 Å². The molecule has 0 amide bonds. The maximum Gasteiger partial charge on any atom is 0.195 e. The minimum absolute atomic E-state index is 0.505. The number of para-hydroxylation sites is 1. The topological polar surface area (TPSA) is 35.5 Å². The maximum absolute atomic E-state index is 12.0. The quantitative estimate of drug-likeness (QED) is 0.679. The molecule has 0 fully saturated rings. The zero-order chi connectivity index (χ0) is 18.1. The highest BCUT2D eigenvalue weighted by molar-refractivity contribution is 7.80. The van der Waals surface area contributed by atoms with Crippen LogP contribution in [-0.2, 0) is 12.3 Å². The largest absolute Gasteiger partial charge is 0.363 e. The summed E-state index contributed by atoms with van der Waals surface area (Å²) in [6.45, 7) is 2.54. The van der Waals surface area contributed by atoms with E-state index in [1.54, 1.807) is 0 Å². The van der Waals surface area contributed by atoms with Gasteiger partial charge in [-0.15, -0.1) is 0 Å². The van der Waals surface area contributed by atoms with E-state index in [0.29, 0.717) is 11.7 Å². The number of thiocarbonyl (C=S) groups is 1. The first kappa shape index (κ1) is 16.8. The summed E-state index contributed by atoms with van der Waals surface area (Å²) < 4.78 is 0. The lowest BCUT2D eigenvalue weighted by Gasteiger charge is -2.46. The number of aryl methyl sites for hydroxylation is 1. The highest BCUT2D eigenvalue weighted by Crippen LogP contribution is 2.42. The van der Waals surface area contributed by atoms with Crippen molar-refractivity contribution < 1.29 is 5.11 Å². The van der Waals surface area contributed by atoms with Crippen molar-refractivity contribution in [1.82, 2.24) is 4.90 Å². The van der Waals surface area contributed by atoms with Gasteiger partial charge in [0.15, 0.2) is 10.8 Å². The molecule has 0 aliphatic carbocycles. The van der Waals surface area contributed by atoms with Crippen molar-refractivity contribution in [2.24, 2.45) is 0 Å². The summed E-state index contributed by atoms with van der Waals surface area (Å²) in [7, 11) is 0. The van der Waals surface area contributed by atoms with Crippen molar-refractivity contribution in [3.05, 3.63) is 101 Å². The molecule has 1 heterocycles. The fourth-order valence-corrected chi connectivity index (χ4v) is 3.73. The van der Waals surface area contributed by atoms with Crippen molar-refractivity contribution in [3.8, 4) is 0 Å². The number of benzene rings is 3. The minimum atomic E-state index is -1.33. The molecule has 3 aromatic rings. The molecule has 1 aliphatic heterocycles. The summed E-state index contributed by atoms with van der Waals surface area (Å²) in [6.07, 6.45) is 0. The molecule has 1 aliphatic rings. The van der Waals surface area contributed by atoms with E-state index < -0.39 is 5.72 Å². The lowest BCUT2D eigenvalue weighted by atomic mass is 9.89. The Kier molecular flexibility index (Phi) is 4.23. The molecule has 0 saturated carbocycles. The second kappa shape index (κ2) is 6.56. The highest BCUT2D eigenvalue weighted by Gasteiger charge is 2.44. The third kappa shape index (κ3) is 2.77. The van der Waals surface area contributed by atoms with Crippen LogP contribution in [0.15, 0.2) is 78.9 Å². The van der Waals surface area contributed by atoms with Crippen molar-refractivity contribution in [3.63, 3.8) is 0 Å². The second-order valence-electron chi connectivity index (χ2n) is 6.59. The monoisotopic (exact) mass is 360 g/mol. The number of aliphatic hydroxyl groups is 1. The van der Waals surface area contributed by atoms with Gasteiger partial charge in [0.2, 0.25) is 0 Å². The van der Waals surface area contributed by atoms with Crippen LogP contribution in [-0.4, -0.2) is 15.1 Å². The number of fused-ring (bicyclic) bond motifs is 1. The molecular formula is C22H20N2OS. The van der Waals surface area contributed by atoms with Crippen LogP contribution in [0.1, 0.15) is 22.3 Å². The molecule has 3 nitrogen and oxygen atoms in total. The zero-order valence-corrected chi connectivity index (χ0v) is 15.3. The average Bonchev–Trinajstić information content (AvgIpc) is 2.66. The highest BCUT2D eigenvalue weighted by atomic mass is 32.1. The lowest BCUT2D eigenvalue weighted by Crippen LogP contribution is -2.54. The third-order valence-electron chi connectivity index (χ3n) is 4.82. The summed E-state index contributed by atoms with van der Waals surface area (Å²) in [5.74, 6) is 0. The Morgan fingerprint density at radius 1 is 0.923 bits per heavy atom. The third-order valence-corrected chi connectivity index (χ3v) is 5.14. The molecule has 4 rings (SSSR count). The van der Waals surface area contributed by atoms with Crippen LogP contribution in [0.25, 0.3) is 0 Å². The van der Waals surface area contributed by atoms with Crippen LogP contribution in [0.4, 0.5) is 5.69 Å². The fourth-order valence-electron chi connectivity index (χ4n) is 3.42. The smallest absolute Gasteiger partial charge is 0.195 e. The van der Waals surface area contributed by atoms with Gasteiger partial charge in [0.25, 0.3) is 0 Å². The van der Waals surface area contributed by atoms with E-state index >= 15 is 0 Å². The molecule has 130 valence electrons. The van der Waals surface area contributed by atoms with E-state index in [1.807, 2.05) is 90.7 Å². The average molecular weight is 360 g/mol. The molecule has 0 bridgehead atoms. The standard InChI is InChI=1S/C22H20N2OS/c1-16-11-13-18(14-12-16)22(25)19-9-5-6-10-20(19)23-21(26)24(22)15-17-7-3-2-4-8-17/h2-14,25H,15H2,1H3,(H,23,26). The van der Waals surface area contributed by atoms with E-state index in [4.69, 9.17) is 12.2 Å². The number of nitrogens with zero attached hydrogens (tertiary/aromatic N) is 1. The Hall–Kier alpha value is -2.69. The van der Waals surface area contributed by atoms with Crippen LogP contribution in [0.2, 0.25) is 0 Å². The van der Waals surface area contributed by atoms with Crippen LogP contribution in [0.5, 0.6) is 0 Å². The van der Waals surface area contributed by atoms with Crippen LogP contribution >= 0.6 is 12.2 Å². The van der Waals surface area contributed by atoms with E-state index in [1.165, 1.54) is 0 Å². The number of hydrogen-bond donors (Lipinski definition) is 2. The van der Waals surface area contributed by atoms with Gasteiger partial charge in [0, 0.05) is 23.4 Å². The van der Waals surface area contributed by atoms with Gasteiger partial charge in [-0.2, -0.15) is 0 Å². The molecule has 1 atom stereocenters. The summed E-state index contributed by atoms with van der Waals surface area (Å²) in [4.78, 5) is 1.85. The fraction of sp³-hybridized carbons (Fsp3) is 0.136. The predicted octanol–water partition coefficient (Wildman–Crippen LogP) is 4.40. The number of nitrogens with one attached hydrogen (secondary N) is 1. The first-order valence-corrected chi connectivity index (χ1v) is 9.01. The van der Waals surface area contributed by atoms with Gasteiger partial charge < -0.3 is 15.3 Å². The van der Waals surface area contributed by atoms with Gasteiger partial charge in [-0.05, 0) is 30.8 Å². The van der Waals surface area contributed by atoms with E-state index in [2.05, 4.69) is 5.32 Å². The normalized spacial score (nSPS) is 19.0. The Balaban J connectivity index is 1.88. The predicted molar refractivity (Wildman–Crippen MR) is 109 cm³/mol. The van der Waals surface area contributed by atoms with Gasteiger partial charge in [-0.1, -0.05) is 78.4 Å². The van der Waals surface area contributed by atoms with Gasteiger partial charge in [0.1, 0.15) is 0 Å². The second-order valence-corrected chi connectivity index (χ2v) is 6.97. The Bertz CT molecular complexity index is 940. The SMILES string of the molecule is Cc1ccc(C2(O)c3ccccc3NC(=S)N2Cc2ccccc2)cc1.